The van der Waals surface area contributed by atoms with Crippen LogP contribution in [0.15, 0.2) is 84.9 Å². The molecule has 0 heterocycles. The van der Waals surface area contributed by atoms with Gasteiger partial charge in [0, 0.05) is 9.52 Å². The summed E-state index contributed by atoms with van der Waals surface area (Å²) in [6.07, 6.45) is 7.72. The summed E-state index contributed by atoms with van der Waals surface area (Å²) in [5.74, 6) is 0. The molecule has 7 rings (SSSR count). The van der Waals surface area contributed by atoms with Crippen LogP contribution in [0.3, 0.4) is 0 Å². The first-order valence-corrected chi connectivity index (χ1v) is 14.3. The normalized spacial score (nSPS) is 12.6. The summed E-state index contributed by atoms with van der Waals surface area (Å²) in [7, 11) is 1.08. The zero-order valence-electron chi connectivity index (χ0n) is 21.1. The zero-order chi connectivity index (χ0) is 22.6. The van der Waals surface area contributed by atoms with Crippen molar-refractivity contribution in [2.45, 2.75) is 51.6 Å². The van der Waals surface area contributed by atoms with Crippen molar-refractivity contribution in [2.75, 3.05) is 0 Å². The van der Waals surface area contributed by atoms with E-state index in [2.05, 4.69) is 98.0 Å². The van der Waals surface area contributed by atoms with E-state index in [1.165, 1.54) is 71.2 Å². The molecule has 182 valence electrons. The second-order valence-electron chi connectivity index (χ2n) is 9.27. The minimum absolute atomic E-state index is 0. The Morgan fingerprint density at radius 3 is 2.00 bits per heavy atom. The minimum Gasteiger partial charge on any atom is -1.00 e. The molecule has 2 radical (unpaired) electrons. The summed E-state index contributed by atoms with van der Waals surface area (Å²) in [6.45, 7) is 4.31. The van der Waals surface area contributed by atoms with Crippen LogP contribution in [-0.4, -0.2) is 9.52 Å². The summed E-state index contributed by atoms with van der Waals surface area (Å²) in [4.78, 5) is 0. The average molecular weight is 694 g/mol. The Bertz CT molecular complexity index is 1330. The van der Waals surface area contributed by atoms with Crippen molar-refractivity contribution in [1.29, 1.82) is 0 Å². The maximum absolute atomic E-state index is 2.39. The summed E-state index contributed by atoms with van der Waals surface area (Å²) < 4.78 is 0. The van der Waals surface area contributed by atoms with Crippen molar-refractivity contribution in [3.8, 4) is 11.1 Å². The van der Waals surface area contributed by atoms with Gasteiger partial charge in [0.05, 0.1) is 0 Å². The van der Waals surface area contributed by atoms with Crippen LogP contribution >= 0.6 is 0 Å². The van der Waals surface area contributed by atoms with Crippen LogP contribution in [0.4, 0.5) is 0 Å². The van der Waals surface area contributed by atoms with Gasteiger partial charge in [-0.15, -0.1) is 51.9 Å². The third kappa shape index (κ3) is 6.51. The van der Waals surface area contributed by atoms with E-state index in [4.69, 9.17) is 0 Å². The van der Waals surface area contributed by atoms with Crippen molar-refractivity contribution < 1.29 is 50.7 Å². The van der Waals surface area contributed by atoms with E-state index in [1.807, 2.05) is 0 Å². The second-order valence-corrected chi connectivity index (χ2v) is 10.3. The monoisotopic (exact) mass is 694 g/mol. The predicted octanol–water partition coefficient (Wildman–Crippen LogP) is 2.55. The van der Waals surface area contributed by atoms with Crippen molar-refractivity contribution >= 4 is 31.1 Å². The van der Waals surface area contributed by atoms with Crippen molar-refractivity contribution in [1.82, 2.24) is 0 Å². The van der Waals surface area contributed by atoms with Gasteiger partial charge >= 0.3 is 25.8 Å². The van der Waals surface area contributed by atoms with Gasteiger partial charge < -0.3 is 24.8 Å². The molecule has 0 fully saturated rings. The number of aryl methyl sites for hydroxylation is 3. The molecule has 0 saturated carbocycles. The molecule has 0 saturated heterocycles. The number of benzene rings is 3. The molecular formula is C32H32Cl2HfSi. The number of halogens is 2. The molecule has 36 heavy (non-hydrogen) atoms. The van der Waals surface area contributed by atoms with Crippen LogP contribution in [0.5, 0.6) is 0 Å². The predicted molar refractivity (Wildman–Crippen MR) is 146 cm³/mol. The number of hydrogen-bond acceptors (Lipinski definition) is 0. The van der Waals surface area contributed by atoms with E-state index < -0.39 is 0 Å². The number of hydrogen-bond donors (Lipinski definition) is 0. The number of fused-ring (bicyclic) bond motifs is 4. The largest absolute Gasteiger partial charge is 4.00 e. The van der Waals surface area contributed by atoms with Crippen LogP contribution < -0.4 is 24.8 Å². The Morgan fingerprint density at radius 1 is 0.667 bits per heavy atom. The van der Waals surface area contributed by atoms with Crippen LogP contribution in [-0.2, 0) is 51.5 Å². The second kappa shape index (κ2) is 14.5. The molecule has 0 nitrogen and oxygen atoms in total. The SMILES string of the molecule is C[Si]C.[Cl-].[Cl-].[Hf+4].c1cc2cc3c(cc2[cH-]1)CCC3.c1ccc(-c2c3c(cc4[cH-]ccc24)CCC3)cc1. The fraction of sp³-hybridized carbons (Fsp3) is 0.250. The molecule has 5 aromatic rings. The molecule has 0 bridgehead atoms. The summed E-state index contributed by atoms with van der Waals surface area (Å²) in [6, 6.07) is 31.2. The van der Waals surface area contributed by atoms with Gasteiger partial charge in [0.15, 0.2) is 0 Å². The van der Waals surface area contributed by atoms with Gasteiger partial charge in [-0.1, -0.05) is 71.2 Å². The molecule has 0 N–H and O–H groups in total. The van der Waals surface area contributed by atoms with Gasteiger partial charge in [0.1, 0.15) is 0 Å². The first-order valence-electron chi connectivity index (χ1n) is 12.3. The third-order valence-electron chi connectivity index (χ3n) is 6.92. The maximum Gasteiger partial charge on any atom is 4.00 e. The third-order valence-corrected chi connectivity index (χ3v) is 6.92. The maximum atomic E-state index is 2.39. The van der Waals surface area contributed by atoms with Gasteiger partial charge in [0.25, 0.3) is 0 Å². The summed E-state index contributed by atoms with van der Waals surface area (Å²) >= 11 is 0. The molecule has 0 spiro atoms. The minimum atomic E-state index is 0. The van der Waals surface area contributed by atoms with Crippen molar-refractivity contribution in [3.05, 3.63) is 107 Å². The molecular weight excluding hydrogens is 662 g/mol. The smallest absolute Gasteiger partial charge is 1.00 e. The van der Waals surface area contributed by atoms with Gasteiger partial charge in [-0.3, -0.25) is 0 Å². The van der Waals surface area contributed by atoms with Crippen molar-refractivity contribution in [3.63, 3.8) is 0 Å². The van der Waals surface area contributed by atoms with Gasteiger partial charge in [0.2, 0.25) is 0 Å². The fourth-order valence-corrected chi connectivity index (χ4v) is 5.49. The van der Waals surface area contributed by atoms with E-state index in [9.17, 15) is 0 Å². The first-order chi connectivity index (χ1) is 16.3. The molecule has 0 aromatic heterocycles. The Kier molecular flexibility index (Phi) is 12.4. The Hall–Kier alpha value is -1.45. The standard InChI is InChI=1S/C18H15.C12H11.C2H6Si.2ClH.Hf/c1-2-6-13(7-3-1)18-16-10-4-8-14(16)12-15-9-5-11-17(15)18;1-3-9-7-11-5-2-6-12(11)8-10(9)4-1;1-3-2;;;/h1-4,6-8,10,12H,5,9,11H2;1,3-4,7-8H,2,5-6H2;1-2H3;2*1H;/q2*-1;;;;+4/p-2. The molecule has 5 aromatic carbocycles. The van der Waals surface area contributed by atoms with Crippen molar-refractivity contribution in [2.24, 2.45) is 0 Å². The molecule has 4 heteroatoms. The van der Waals surface area contributed by atoms with E-state index in [-0.39, 0.29) is 50.7 Å². The van der Waals surface area contributed by atoms with Gasteiger partial charge in [-0.05, 0) is 44.1 Å². The quantitative estimate of drug-likeness (QED) is 0.187. The Balaban J connectivity index is 0.000000223. The molecule has 2 aliphatic carbocycles. The van der Waals surface area contributed by atoms with E-state index >= 15 is 0 Å². The first kappa shape index (κ1) is 30.8. The average Bonchev–Trinajstić information content (AvgIpc) is 3.64. The molecule has 2 aliphatic rings. The summed E-state index contributed by atoms with van der Waals surface area (Å²) in [5.41, 5.74) is 9.15. The van der Waals surface area contributed by atoms with Crippen LogP contribution in [0.2, 0.25) is 13.1 Å². The van der Waals surface area contributed by atoms with Crippen LogP contribution in [0.1, 0.15) is 35.1 Å². The number of rotatable bonds is 1. The van der Waals surface area contributed by atoms with E-state index in [1.54, 1.807) is 22.3 Å². The topological polar surface area (TPSA) is 0 Å². The fourth-order valence-electron chi connectivity index (χ4n) is 5.49. The molecule has 0 unspecified atom stereocenters. The van der Waals surface area contributed by atoms with E-state index in [0.717, 1.165) is 9.52 Å². The van der Waals surface area contributed by atoms with E-state index in [0.29, 0.717) is 0 Å². The van der Waals surface area contributed by atoms with Crippen LogP contribution in [0, 0.1) is 0 Å². The summed E-state index contributed by atoms with van der Waals surface area (Å²) in [5, 5.41) is 5.64. The van der Waals surface area contributed by atoms with Gasteiger partial charge in [-0.2, -0.15) is 24.3 Å². The molecule has 0 amide bonds. The Labute approximate surface area is 250 Å². The molecule has 0 aliphatic heterocycles. The van der Waals surface area contributed by atoms with Gasteiger partial charge in [-0.25, -0.2) is 0 Å². The molecule has 0 atom stereocenters. The van der Waals surface area contributed by atoms with Crippen LogP contribution in [0.25, 0.3) is 32.7 Å². The Morgan fingerprint density at radius 2 is 1.25 bits per heavy atom. The zero-order valence-corrected chi connectivity index (χ0v) is 27.2.